The van der Waals surface area contributed by atoms with Gasteiger partial charge in [0, 0.05) is 6.04 Å². The van der Waals surface area contributed by atoms with Crippen molar-refractivity contribution in [2.24, 2.45) is 0 Å². The molecule has 1 amide bonds. The summed E-state index contributed by atoms with van der Waals surface area (Å²) in [7, 11) is -2.93. The van der Waals surface area contributed by atoms with Crippen LogP contribution in [0.5, 0.6) is 5.75 Å². The van der Waals surface area contributed by atoms with Crippen molar-refractivity contribution in [2.75, 3.05) is 11.5 Å². The molecule has 1 fully saturated rings. The summed E-state index contributed by atoms with van der Waals surface area (Å²) < 4.78 is 22.6. The first-order valence-corrected chi connectivity index (χ1v) is 8.01. The third kappa shape index (κ3) is 3.26. The lowest BCUT2D eigenvalue weighted by molar-refractivity contribution is 0.0931. The van der Waals surface area contributed by atoms with E-state index in [4.69, 9.17) is 0 Å². The van der Waals surface area contributed by atoms with E-state index in [1.54, 1.807) is 25.1 Å². The van der Waals surface area contributed by atoms with Gasteiger partial charge in [-0.1, -0.05) is 12.1 Å². The van der Waals surface area contributed by atoms with Crippen molar-refractivity contribution in [3.63, 3.8) is 0 Å². The van der Waals surface area contributed by atoms with Crippen molar-refractivity contribution in [3.8, 4) is 5.75 Å². The van der Waals surface area contributed by atoms with Gasteiger partial charge >= 0.3 is 0 Å². The number of carbonyl (C=O) groups is 1. The molecule has 0 spiro atoms. The number of benzene rings is 1. The van der Waals surface area contributed by atoms with Crippen LogP contribution in [0.4, 0.5) is 0 Å². The zero-order chi connectivity index (χ0) is 14.0. The number of phenols is 1. The summed E-state index contributed by atoms with van der Waals surface area (Å²) in [6, 6.07) is 4.84. The van der Waals surface area contributed by atoms with E-state index in [1.807, 2.05) is 0 Å². The fourth-order valence-corrected chi connectivity index (χ4v) is 3.63. The second kappa shape index (κ2) is 5.21. The zero-order valence-electron chi connectivity index (χ0n) is 10.7. The maximum atomic E-state index is 12.0. The Morgan fingerprint density at radius 1 is 1.32 bits per heavy atom. The molecule has 19 heavy (non-hydrogen) atoms. The van der Waals surface area contributed by atoms with Crippen molar-refractivity contribution in [1.29, 1.82) is 0 Å². The Hall–Kier alpha value is -1.56. The summed E-state index contributed by atoms with van der Waals surface area (Å²) in [4.78, 5) is 12.0. The molecule has 2 rings (SSSR count). The Labute approximate surface area is 112 Å². The van der Waals surface area contributed by atoms with E-state index in [-0.39, 0.29) is 34.8 Å². The van der Waals surface area contributed by atoms with Crippen LogP contribution in [-0.4, -0.2) is 37.0 Å². The van der Waals surface area contributed by atoms with Crippen LogP contribution in [0.1, 0.15) is 28.8 Å². The van der Waals surface area contributed by atoms with Gasteiger partial charge in [-0.2, -0.15) is 0 Å². The highest BCUT2D eigenvalue weighted by Crippen LogP contribution is 2.22. The van der Waals surface area contributed by atoms with Gasteiger partial charge in [0.2, 0.25) is 0 Å². The number of aromatic hydroxyl groups is 1. The summed E-state index contributed by atoms with van der Waals surface area (Å²) in [5.74, 6) is -0.163. The first kappa shape index (κ1) is 13.9. The molecule has 1 heterocycles. The topological polar surface area (TPSA) is 83.5 Å². The minimum atomic E-state index is -2.93. The second-order valence-corrected chi connectivity index (χ2v) is 7.17. The van der Waals surface area contributed by atoms with Crippen molar-refractivity contribution in [2.45, 2.75) is 25.8 Å². The van der Waals surface area contributed by atoms with Crippen LogP contribution in [0.15, 0.2) is 18.2 Å². The van der Waals surface area contributed by atoms with Gasteiger partial charge in [0.15, 0.2) is 0 Å². The lowest BCUT2D eigenvalue weighted by atomic mass is 10.1. The smallest absolute Gasteiger partial charge is 0.255 e. The Bertz CT molecular complexity index is 581. The normalized spacial score (nSPS) is 19.0. The lowest BCUT2D eigenvalue weighted by Gasteiger charge is -2.23. The summed E-state index contributed by atoms with van der Waals surface area (Å²) in [5.41, 5.74) is 0.868. The first-order chi connectivity index (χ1) is 8.89. The van der Waals surface area contributed by atoms with Gasteiger partial charge < -0.3 is 10.4 Å². The van der Waals surface area contributed by atoms with Crippen LogP contribution in [-0.2, 0) is 9.84 Å². The van der Waals surface area contributed by atoms with Gasteiger partial charge in [-0.05, 0) is 31.4 Å². The van der Waals surface area contributed by atoms with Crippen LogP contribution in [0.3, 0.4) is 0 Å². The molecule has 1 aromatic carbocycles. The fourth-order valence-electron chi connectivity index (χ4n) is 2.14. The first-order valence-electron chi connectivity index (χ1n) is 6.19. The lowest BCUT2D eigenvalue weighted by Crippen LogP contribution is -2.40. The van der Waals surface area contributed by atoms with Crippen LogP contribution in [0.2, 0.25) is 0 Å². The van der Waals surface area contributed by atoms with Gasteiger partial charge in [0.1, 0.15) is 15.6 Å². The van der Waals surface area contributed by atoms with Crippen LogP contribution in [0, 0.1) is 6.92 Å². The van der Waals surface area contributed by atoms with Gasteiger partial charge in [0.05, 0.1) is 17.1 Å². The Morgan fingerprint density at radius 2 is 1.95 bits per heavy atom. The van der Waals surface area contributed by atoms with Crippen molar-refractivity contribution < 1.29 is 18.3 Å². The standard InChI is InChI=1S/C13H17NO4S/c1-9-3-2-4-11(12(9)15)13(16)14-10-5-7-19(17,18)8-6-10/h2-4,10,15H,5-8H2,1H3,(H,14,16). The Morgan fingerprint density at radius 3 is 2.58 bits per heavy atom. The molecule has 0 bridgehead atoms. The van der Waals surface area contributed by atoms with E-state index < -0.39 is 9.84 Å². The summed E-state index contributed by atoms with van der Waals surface area (Å²) in [6.45, 7) is 1.72. The molecule has 0 aliphatic carbocycles. The molecule has 1 aliphatic heterocycles. The van der Waals surface area contributed by atoms with Crippen LogP contribution in [0.25, 0.3) is 0 Å². The SMILES string of the molecule is Cc1cccc(C(=O)NC2CCS(=O)(=O)CC2)c1O. The summed E-state index contributed by atoms with van der Waals surface area (Å²) in [6.07, 6.45) is 0.862. The van der Waals surface area contributed by atoms with Crippen molar-refractivity contribution in [1.82, 2.24) is 5.32 Å². The third-order valence-electron chi connectivity index (χ3n) is 3.37. The van der Waals surface area contributed by atoms with Gasteiger partial charge in [-0.15, -0.1) is 0 Å². The van der Waals surface area contributed by atoms with E-state index in [0.29, 0.717) is 18.4 Å². The zero-order valence-corrected chi connectivity index (χ0v) is 11.5. The highest BCUT2D eigenvalue weighted by Gasteiger charge is 2.25. The average molecular weight is 283 g/mol. The molecule has 5 nitrogen and oxygen atoms in total. The third-order valence-corrected chi connectivity index (χ3v) is 5.09. The maximum absolute atomic E-state index is 12.0. The predicted molar refractivity (Wildman–Crippen MR) is 72.0 cm³/mol. The van der Waals surface area contributed by atoms with Gasteiger partial charge in [-0.25, -0.2) is 8.42 Å². The molecule has 0 atom stereocenters. The van der Waals surface area contributed by atoms with Crippen LogP contribution < -0.4 is 5.32 Å². The predicted octanol–water partition coefficient (Wildman–Crippen LogP) is 1.01. The molecule has 0 saturated carbocycles. The molecule has 1 saturated heterocycles. The monoisotopic (exact) mass is 283 g/mol. The summed E-state index contributed by atoms with van der Waals surface area (Å²) >= 11 is 0. The van der Waals surface area contributed by atoms with E-state index in [0.717, 1.165) is 0 Å². The Kier molecular flexibility index (Phi) is 3.80. The molecule has 2 N–H and O–H groups in total. The molecular weight excluding hydrogens is 266 g/mol. The molecule has 1 aromatic rings. The van der Waals surface area contributed by atoms with Gasteiger partial charge in [0.25, 0.3) is 5.91 Å². The molecular formula is C13H17NO4S. The van der Waals surface area contributed by atoms with E-state index in [1.165, 1.54) is 0 Å². The largest absolute Gasteiger partial charge is 0.507 e. The van der Waals surface area contributed by atoms with E-state index >= 15 is 0 Å². The number of hydrogen-bond acceptors (Lipinski definition) is 4. The molecule has 0 radical (unpaired) electrons. The number of phenolic OH excluding ortho intramolecular Hbond substituents is 1. The van der Waals surface area contributed by atoms with E-state index in [2.05, 4.69) is 5.32 Å². The highest BCUT2D eigenvalue weighted by atomic mass is 32.2. The molecule has 104 valence electrons. The summed E-state index contributed by atoms with van der Waals surface area (Å²) in [5, 5.41) is 12.6. The average Bonchev–Trinajstić information content (AvgIpc) is 2.35. The highest BCUT2D eigenvalue weighted by molar-refractivity contribution is 7.91. The number of rotatable bonds is 2. The van der Waals surface area contributed by atoms with Crippen molar-refractivity contribution in [3.05, 3.63) is 29.3 Å². The molecule has 0 aromatic heterocycles. The minimum absolute atomic E-state index is 0.0246. The Balaban J connectivity index is 2.04. The van der Waals surface area contributed by atoms with Crippen molar-refractivity contribution >= 4 is 15.7 Å². The number of aryl methyl sites for hydroxylation is 1. The van der Waals surface area contributed by atoms with Crippen LogP contribution >= 0.6 is 0 Å². The van der Waals surface area contributed by atoms with E-state index in [9.17, 15) is 18.3 Å². The molecule has 0 unspecified atom stereocenters. The molecule has 6 heteroatoms. The minimum Gasteiger partial charge on any atom is -0.507 e. The quantitative estimate of drug-likeness (QED) is 0.848. The fraction of sp³-hybridized carbons (Fsp3) is 0.462. The number of carbonyl (C=O) groups excluding carboxylic acids is 1. The maximum Gasteiger partial charge on any atom is 0.255 e. The second-order valence-electron chi connectivity index (χ2n) is 4.87. The number of amides is 1. The number of hydrogen-bond donors (Lipinski definition) is 2. The number of para-hydroxylation sites is 1. The number of nitrogens with one attached hydrogen (secondary N) is 1. The molecule has 1 aliphatic rings. The number of sulfone groups is 1. The van der Waals surface area contributed by atoms with Gasteiger partial charge in [-0.3, -0.25) is 4.79 Å².